The van der Waals surface area contributed by atoms with Crippen molar-refractivity contribution in [3.05, 3.63) is 29.6 Å². The molecule has 24 heavy (non-hydrogen) atoms. The molecule has 0 bridgehead atoms. The zero-order valence-corrected chi connectivity index (χ0v) is 14.0. The third-order valence-corrected chi connectivity index (χ3v) is 4.71. The minimum atomic E-state index is -0.378. The van der Waals surface area contributed by atoms with E-state index in [-0.39, 0.29) is 23.6 Å². The predicted octanol–water partition coefficient (Wildman–Crippen LogP) is 2.63. The summed E-state index contributed by atoms with van der Waals surface area (Å²) in [6, 6.07) is 4.79. The third kappa shape index (κ3) is 4.60. The first-order valence-electron chi connectivity index (χ1n) is 8.64. The molecule has 132 valence electrons. The van der Waals surface area contributed by atoms with Crippen molar-refractivity contribution in [2.45, 2.75) is 44.2 Å². The molecule has 2 amide bonds. The SMILES string of the molecule is COc1cc(CCNC(=O)N[C@H]2CCO[C@@H](C3CC3)C2)ccc1F. The highest BCUT2D eigenvalue weighted by Gasteiger charge is 2.36. The van der Waals surface area contributed by atoms with E-state index in [9.17, 15) is 9.18 Å². The first-order valence-corrected chi connectivity index (χ1v) is 8.64. The highest BCUT2D eigenvalue weighted by atomic mass is 19.1. The lowest BCUT2D eigenvalue weighted by molar-refractivity contribution is -0.00913. The van der Waals surface area contributed by atoms with Crippen molar-refractivity contribution in [2.75, 3.05) is 20.3 Å². The van der Waals surface area contributed by atoms with Gasteiger partial charge in [-0.3, -0.25) is 0 Å². The van der Waals surface area contributed by atoms with Gasteiger partial charge in [0.05, 0.1) is 13.2 Å². The third-order valence-electron chi connectivity index (χ3n) is 4.71. The van der Waals surface area contributed by atoms with Crippen molar-refractivity contribution < 1.29 is 18.7 Å². The van der Waals surface area contributed by atoms with Gasteiger partial charge in [-0.2, -0.15) is 0 Å². The van der Waals surface area contributed by atoms with E-state index >= 15 is 0 Å². The van der Waals surface area contributed by atoms with Crippen molar-refractivity contribution in [1.82, 2.24) is 10.6 Å². The largest absolute Gasteiger partial charge is 0.494 e. The van der Waals surface area contributed by atoms with Crippen LogP contribution < -0.4 is 15.4 Å². The van der Waals surface area contributed by atoms with E-state index < -0.39 is 0 Å². The van der Waals surface area contributed by atoms with Crippen LogP contribution in [0.15, 0.2) is 18.2 Å². The zero-order chi connectivity index (χ0) is 16.9. The van der Waals surface area contributed by atoms with Crippen molar-refractivity contribution in [1.29, 1.82) is 0 Å². The van der Waals surface area contributed by atoms with Crippen LogP contribution in [0.3, 0.4) is 0 Å². The highest BCUT2D eigenvalue weighted by molar-refractivity contribution is 5.74. The summed E-state index contributed by atoms with van der Waals surface area (Å²) in [7, 11) is 1.44. The molecule has 0 aromatic heterocycles. The Hall–Kier alpha value is -1.82. The Bertz CT molecular complexity index is 577. The normalized spacial score (nSPS) is 23.6. The number of urea groups is 1. The number of methoxy groups -OCH3 is 1. The second-order valence-corrected chi connectivity index (χ2v) is 6.59. The van der Waals surface area contributed by atoms with E-state index in [2.05, 4.69) is 10.6 Å². The summed E-state index contributed by atoms with van der Waals surface area (Å²) >= 11 is 0. The minimum Gasteiger partial charge on any atom is -0.494 e. The molecular formula is C18H25FN2O3. The van der Waals surface area contributed by atoms with Gasteiger partial charge in [-0.1, -0.05) is 6.07 Å². The Morgan fingerprint density at radius 3 is 2.96 bits per heavy atom. The number of carbonyl (C=O) groups excluding carboxylic acids is 1. The molecule has 1 aliphatic carbocycles. The maximum Gasteiger partial charge on any atom is 0.315 e. The molecule has 1 saturated carbocycles. The Labute approximate surface area is 141 Å². The molecule has 1 aromatic carbocycles. The fourth-order valence-corrected chi connectivity index (χ4v) is 3.17. The van der Waals surface area contributed by atoms with Crippen molar-refractivity contribution in [3.8, 4) is 5.75 Å². The van der Waals surface area contributed by atoms with Gasteiger partial charge in [0.15, 0.2) is 11.6 Å². The molecule has 2 aliphatic rings. The number of rotatable bonds is 6. The molecule has 1 aromatic rings. The van der Waals surface area contributed by atoms with Crippen LogP contribution in [0.1, 0.15) is 31.2 Å². The van der Waals surface area contributed by atoms with Gasteiger partial charge in [-0.05, 0) is 55.7 Å². The lowest BCUT2D eigenvalue weighted by Gasteiger charge is -2.30. The van der Waals surface area contributed by atoms with Gasteiger partial charge in [-0.25, -0.2) is 9.18 Å². The molecule has 2 N–H and O–H groups in total. The van der Waals surface area contributed by atoms with Crippen LogP contribution in [-0.2, 0) is 11.2 Å². The summed E-state index contributed by atoms with van der Waals surface area (Å²) < 4.78 is 24.1. The summed E-state index contributed by atoms with van der Waals surface area (Å²) in [6.45, 7) is 1.22. The maximum absolute atomic E-state index is 13.4. The average molecular weight is 336 g/mol. The van der Waals surface area contributed by atoms with Gasteiger partial charge in [0.25, 0.3) is 0 Å². The summed E-state index contributed by atoms with van der Waals surface area (Å²) in [5.41, 5.74) is 0.924. The molecule has 3 rings (SSSR count). The zero-order valence-electron chi connectivity index (χ0n) is 14.0. The summed E-state index contributed by atoms with van der Waals surface area (Å²) in [4.78, 5) is 12.0. The number of hydrogen-bond donors (Lipinski definition) is 2. The molecule has 1 aliphatic heterocycles. The molecule has 0 spiro atoms. The lowest BCUT2D eigenvalue weighted by Crippen LogP contribution is -2.47. The van der Waals surface area contributed by atoms with Gasteiger partial charge < -0.3 is 20.1 Å². The van der Waals surface area contributed by atoms with E-state index in [1.54, 1.807) is 12.1 Å². The molecule has 0 unspecified atom stereocenters. The molecule has 2 fully saturated rings. The van der Waals surface area contributed by atoms with Crippen molar-refractivity contribution in [2.24, 2.45) is 5.92 Å². The molecule has 1 saturated heterocycles. The standard InChI is InChI=1S/C18H25FN2O3/c1-23-17-10-12(2-5-15(17)19)6-8-20-18(22)21-14-7-9-24-16(11-14)13-3-4-13/h2,5,10,13-14,16H,3-4,6-9,11H2,1H3,(H2,20,21,22)/t14-,16+/m0/s1. The quantitative estimate of drug-likeness (QED) is 0.839. The van der Waals surface area contributed by atoms with Crippen LogP contribution in [0.5, 0.6) is 5.75 Å². The van der Waals surface area contributed by atoms with Crippen LogP contribution in [0.2, 0.25) is 0 Å². The van der Waals surface area contributed by atoms with Crippen LogP contribution >= 0.6 is 0 Å². The molecular weight excluding hydrogens is 311 g/mol. The maximum atomic E-state index is 13.4. The smallest absolute Gasteiger partial charge is 0.315 e. The van der Waals surface area contributed by atoms with Crippen molar-refractivity contribution >= 4 is 6.03 Å². The molecule has 2 atom stereocenters. The van der Waals surface area contributed by atoms with Crippen LogP contribution in [-0.4, -0.2) is 38.4 Å². The van der Waals surface area contributed by atoms with Crippen LogP contribution in [0, 0.1) is 11.7 Å². The van der Waals surface area contributed by atoms with E-state index in [0.29, 0.717) is 25.0 Å². The van der Waals surface area contributed by atoms with Crippen LogP contribution in [0.25, 0.3) is 0 Å². The first-order chi connectivity index (χ1) is 11.7. The van der Waals surface area contributed by atoms with E-state index in [1.165, 1.54) is 26.0 Å². The minimum absolute atomic E-state index is 0.148. The fraction of sp³-hybridized carbons (Fsp3) is 0.611. The predicted molar refractivity (Wildman–Crippen MR) is 88.7 cm³/mol. The van der Waals surface area contributed by atoms with E-state index in [0.717, 1.165) is 25.0 Å². The topological polar surface area (TPSA) is 59.6 Å². The summed E-state index contributed by atoms with van der Waals surface area (Å²) in [5.74, 6) is 0.549. The Morgan fingerprint density at radius 1 is 1.38 bits per heavy atom. The Balaban J connectivity index is 1.39. The number of ether oxygens (including phenoxy) is 2. The van der Waals surface area contributed by atoms with Gasteiger partial charge >= 0.3 is 6.03 Å². The molecule has 6 heteroatoms. The number of carbonyl (C=O) groups is 1. The molecule has 1 heterocycles. The second-order valence-electron chi connectivity index (χ2n) is 6.59. The highest BCUT2D eigenvalue weighted by Crippen LogP contribution is 2.38. The first kappa shape index (κ1) is 17.0. The van der Waals surface area contributed by atoms with E-state index in [4.69, 9.17) is 9.47 Å². The summed E-state index contributed by atoms with van der Waals surface area (Å²) in [5, 5.41) is 5.90. The van der Waals surface area contributed by atoms with Gasteiger partial charge in [0, 0.05) is 19.2 Å². The number of nitrogens with one attached hydrogen (secondary N) is 2. The van der Waals surface area contributed by atoms with Crippen molar-refractivity contribution in [3.63, 3.8) is 0 Å². The summed E-state index contributed by atoms with van der Waals surface area (Å²) in [6.07, 6.45) is 5.23. The molecule has 0 radical (unpaired) electrons. The second kappa shape index (κ2) is 7.83. The van der Waals surface area contributed by atoms with Gasteiger partial charge in [0.2, 0.25) is 0 Å². The van der Waals surface area contributed by atoms with Gasteiger partial charge in [0.1, 0.15) is 0 Å². The van der Waals surface area contributed by atoms with Gasteiger partial charge in [-0.15, -0.1) is 0 Å². The average Bonchev–Trinajstić information content (AvgIpc) is 3.41. The monoisotopic (exact) mass is 336 g/mol. The Morgan fingerprint density at radius 2 is 2.21 bits per heavy atom. The number of benzene rings is 1. The molecule has 5 nitrogen and oxygen atoms in total. The van der Waals surface area contributed by atoms with Crippen LogP contribution in [0.4, 0.5) is 9.18 Å². The number of hydrogen-bond acceptors (Lipinski definition) is 3. The number of amides is 2. The fourth-order valence-electron chi connectivity index (χ4n) is 3.17. The lowest BCUT2D eigenvalue weighted by atomic mass is 10.0. The van der Waals surface area contributed by atoms with E-state index in [1.807, 2.05) is 0 Å². The number of halogens is 1. The Kier molecular flexibility index (Phi) is 5.56.